The molecular formula is C20H28N2. The van der Waals surface area contributed by atoms with Gasteiger partial charge in [0, 0.05) is 5.56 Å². The van der Waals surface area contributed by atoms with Gasteiger partial charge in [-0.3, -0.25) is 0 Å². The summed E-state index contributed by atoms with van der Waals surface area (Å²) in [5.41, 5.74) is 4.65. The van der Waals surface area contributed by atoms with Crippen molar-refractivity contribution in [3.05, 3.63) is 47.7 Å². The Morgan fingerprint density at radius 2 is 1.36 bits per heavy atom. The predicted octanol–water partition coefficient (Wildman–Crippen LogP) is 5.61. The highest BCUT2D eigenvalue weighted by molar-refractivity contribution is 5.58. The van der Waals surface area contributed by atoms with E-state index in [9.17, 15) is 0 Å². The Labute approximate surface area is 135 Å². The lowest BCUT2D eigenvalue weighted by Gasteiger charge is -2.05. The van der Waals surface area contributed by atoms with Crippen LogP contribution in [0.25, 0.3) is 11.3 Å². The molecule has 118 valence electrons. The summed E-state index contributed by atoms with van der Waals surface area (Å²) in [4.78, 5) is 0. The van der Waals surface area contributed by atoms with Crippen molar-refractivity contribution in [1.82, 2.24) is 10.2 Å². The second-order valence-corrected chi connectivity index (χ2v) is 6.02. The molecule has 0 spiro atoms. The first-order chi connectivity index (χ1) is 10.8. The minimum atomic E-state index is 0.972. The van der Waals surface area contributed by atoms with Gasteiger partial charge in [-0.05, 0) is 43.4 Å². The van der Waals surface area contributed by atoms with Gasteiger partial charge in [0.1, 0.15) is 0 Å². The van der Waals surface area contributed by atoms with Crippen molar-refractivity contribution < 1.29 is 0 Å². The molecule has 2 aromatic rings. The number of nitrogens with zero attached hydrogens (tertiary/aromatic N) is 2. The molecule has 0 unspecified atom stereocenters. The first-order valence-corrected chi connectivity index (χ1v) is 8.75. The number of hydrogen-bond acceptors (Lipinski definition) is 2. The van der Waals surface area contributed by atoms with Crippen LogP contribution >= 0.6 is 0 Å². The van der Waals surface area contributed by atoms with Gasteiger partial charge in [-0.2, -0.15) is 10.2 Å². The van der Waals surface area contributed by atoms with Crippen molar-refractivity contribution in [3.63, 3.8) is 0 Å². The van der Waals surface area contributed by atoms with E-state index in [1.165, 1.54) is 50.5 Å². The summed E-state index contributed by atoms with van der Waals surface area (Å²) in [5, 5.41) is 8.74. The van der Waals surface area contributed by atoms with E-state index in [4.69, 9.17) is 0 Å². The molecule has 2 rings (SSSR count). The molecule has 0 bridgehead atoms. The monoisotopic (exact) mass is 296 g/mol. The standard InChI is InChI=1S/C20H28N2/c1-3-5-7-9-17-11-13-18(14-12-17)20-16-15-19(21-22-20)10-8-6-4-2/h11-16H,3-10H2,1-2H3. The van der Waals surface area contributed by atoms with Gasteiger partial charge in [0.05, 0.1) is 11.4 Å². The lowest BCUT2D eigenvalue weighted by atomic mass is 10.0. The average Bonchev–Trinajstić information content (AvgIpc) is 2.57. The van der Waals surface area contributed by atoms with Crippen molar-refractivity contribution in [3.8, 4) is 11.3 Å². The fraction of sp³-hybridized carbons (Fsp3) is 0.500. The molecule has 0 amide bonds. The lowest BCUT2D eigenvalue weighted by Crippen LogP contribution is -1.95. The third-order valence-electron chi connectivity index (χ3n) is 4.07. The van der Waals surface area contributed by atoms with Gasteiger partial charge in [0.2, 0.25) is 0 Å². The molecule has 2 nitrogen and oxygen atoms in total. The summed E-state index contributed by atoms with van der Waals surface area (Å²) in [6, 6.07) is 13.0. The summed E-state index contributed by atoms with van der Waals surface area (Å²) in [6.45, 7) is 4.47. The molecule has 0 fully saturated rings. The summed E-state index contributed by atoms with van der Waals surface area (Å²) in [7, 11) is 0. The second-order valence-electron chi connectivity index (χ2n) is 6.02. The molecule has 0 aliphatic rings. The number of rotatable bonds is 9. The van der Waals surface area contributed by atoms with Crippen LogP contribution in [0.5, 0.6) is 0 Å². The average molecular weight is 296 g/mol. The number of aryl methyl sites for hydroxylation is 2. The van der Waals surface area contributed by atoms with Crippen LogP contribution in [0.1, 0.15) is 63.6 Å². The summed E-state index contributed by atoms with van der Waals surface area (Å²) >= 11 is 0. The van der Waals surface area contributed by atoms with E-state index >= 15 is 0 Å². The van der Waals surface area contributed by atoms with Gasteiger partial charge in [0.15, 0.2) is 0 Å². The number of unbranched alkanes of at least 4 members (excludes halogenated alkanes) is 4. The highest BCUT2D eigenvalue weighted by Gasteiger charge is 2.02. The molecular weight excluding hydrogens is 268 g/mol. The van der Waals surface area contributed by atoms with E-state index in [1.807, 2.05) is 0 Å². The molecule has 0 aliphatic carbocycles. The van der Waals surface area contributed by atoms with E-state index in [0.29, 0.717) is 0 Å². The molecule has 2 heteroatoms. The molecule has 1 aromatic carbocycles. The number of benzene rings is 1. The Bertz CT molecular complexity index is 477. The Hall–Kier alpha value is -1.70. The van der Waals surface area contributed by atoms with Crippen LogP contribution < -0.4 is 0 Å². The fourth-order valence-corrected chi connectivity index (χ4v) is 2.62. The third-order valence-corrected chi connectivity index (χ3v) is 4.07. The zero-order chi connectivity index (χ0) is 15.6. The molecule has 0 radical (unpaired) electrons. The predicted molar refractivity (Wildman–Crippen MR) is 93.9 cm³/mol. The smallest absolute Gasteiger partial charge is 0.0929 e. The van der Waals surface area contributed by atoms with Gasteiger partial charge < -0.3 is 0 Å². The zero-order valence-corrected chi connectivity index (χ0v) is 14.0. The summed E-state index contributed by atoms with van der Waals surface area (Å²) < 4.78 is 0. The lowest BCUT2D eigenvalue weighted by molar-refractivity contribution is 0.700. The van der Waals surface area contributed by atoms with E-state index < -0.39 is 0 Å². The number of aromatic nitrogens is 2. The highest BCUT2D eigenvalue weighted by Crippen LogP contribution is 2.18. The van der Waals surface area contributed by atoms with Gasteiger partial charge in [0.25, 0.3) is 0 Å². The van der Waals surface area contributed by atoms with E-state index in [1.54, 1.807) is 0 Å². The van der Waals surface area contributed by atoms with Crippen molar-refractivity contribution in [1.29, 1.82) is 0 Å². The minimum Gasteiger partial charge on any atom is -0.155 e. The van der Waals surface area contributed by atoms with Crippen molar-refractivity contribution >= 4 is 0 Å². The Balaban J connectivity index is 1.93. The first-order valence-electron chi connectivity index (χ1n) is 8.75. The molecule has 0 saturated carbocycles. The minimum absolute atomic E-state index is 0.972. The topological polar surface area (TPSA) is 25.8 Å². The van der Waals surface area contributed by atoms with E-state index in [-0.39, 0.29) is 0 Å². The maximum absolute atomic E-state index is 4.38. The third kappa shape index (κ3) is 5.25. The highest BCUT2D eigenvalue weighted by atomic mass is 15.1. The van der Waals surface area contributed by atoms with Gasteiger partial charge in [-0.1, -0.05) is 63.8 Å². The molecule has 0 N–H and O–H groups in total. The van der Waals surface area contributed by atoms with Crippen LogP contribution in [-0.4, -0.2) is 10.2 Å². The molecule has 1 heterocycles. The molecule has 22 heavy (non-hydrogen) atoms. The number of hydrogen-bond donors (Lipinski definition) is 0. The Morgan fingerprint density at radius 3 is 1.95 bits per heavy atom. The van der Waals surface area contributed by atoms with Crippen molar-refractivity contribution in [2.45, 2.75) is 65.2 Å². The SMILES string of the molecule is CCCCCc1ccc(-c2ccc(CCCCC)nn2)cc1. The molecule has 0 aliphatic heterocycles. The largest absolute Gasteiger partial charge is 0.155 e. The summed E-state index contributed by atoms with van der Waals surface area (Å²) in [5.74, 6) is 0. The maximum atomic E-state index is 4.38. The molecule has 1 aromatic heterocycles. The fourth-order valence-electron chi connectivity index (χ4n) is 2.62. The van der Waals surface area contributed by atoms with Crippen LogP contribution in [0.3, 0.4) is 0 Å². The van der Waals surface area contributed by atoms with E-state index in [2.05, 4.69) is 60.4 Å². The van der Waals surface area contributed by atoms with Gasteiger partial charge in [-0.15, -0.1) is 0 Å². The first kappa shape index (κ1) is 16.7. The second kappa shape index (κ2) is 9.34. The van der Waals surface area contributed by atoms with Crippen LogP contribution in [0.2, 0.25) is 0 Å². The Morgan fingerprint density at radius 1 is 0.682 bits per heavy atom. The van der Waals surface area contributed by atoms with Crippen LogP contribution in [-0.2, 0) is 12.8 Å². The van der Waals surface area contributed by atoms with E-state index in [0.717, 1.165) is 23.4 Å². The van der Waals surface area contributed by atoms with Gasteiger partial charge >= 0.3 is 0 Å². The summed E-state index contributed by atoms with van der Waals surface area (Å²) in [6.07, 6.45) is 9.80. The van der Waals surface area contributed by atoms with Crippen LogP contribution in [0, 0.1) is 0 Å². The normalized spacial score (nSPS) is 10.8. The molecule has 0 saturated heterocycles. The molecule has 0 atom stereocenters. The van der Waals surface area contributed by atoms with Gasteiger partial charge in [-0.25, -0.2) is 0 Å². The van der Waals surface area contributed by atoms with Crippen molar-refractivity contribution in [2.24, 2.45) is 0 Å². The maximum Gasteiger partial charge on any atom is 0.0929 e. The zero-order valence-electron chi connectivity index (χ0n) is 14.0. The van der Waals surface area contributed by atoms with Crippen molar-refractivity contribution in [2.75, 3.05) is 0 Å². The van der Waals surface area contributed by atoms with Crippen LogP contribution in [0.15, 0.2) is 36.4 Å². The quantitative estimate of drug-likeness (QED) is 0.562. The van der Waals surface area contributed by atoms with Crippen LogP contribution in [0.4, 0.5) is 0 Å². The Kier molecular flexibility index (Phi) is 7.08.